The molecule has 19 heavy (non-hydrogen) atoms. The number of hydrogen-bond acceptors (Lipinski definition) is 4. The lowest BCUT2D eigenvalue weighted by Gasteiger charge is -2.11. The fourth-order valence-corrected chi connectivity index (χ4v) is 1.57. The van der Waals surface area contributed by atoms with E-state index in [4.69, 9.17) is 19.9 Å². The summed E-state index contributed by atoms with van der Waals surface area (Å²) in [7, 11) is 3.07. The third-order valence-electron chi connectivity index (χ3n) is 2.57. The van der Waals surface area contributed by atoms with Gasteiger partial charge in [0.1, 0.15) is 28.8 Å². The van der Waals surface area contributed by atoms with Crippen molar-refractivity contribution in [3.05, 3.63) is 42.2 Å². The highest BCUT2D eigenvalue weighted by Gasteiger charge is 2.09. The zero-order chi connectivity index (χ0) is 13.8. The molecule has 5 heteroatoms. The van der Waals surface area contributed by atoms with Crippen molar-refractivity contribution in [3.8, 4) is 23.0 Å². The third kappa shape index (κ3) is 2.88. The van der Waals surface area contributed by atoms with Gasteiger partial charge in [-0.25, -0.2) is 4.39 Å². The topological polar surface area (TPSA) is 53.7 Å². The van der Waals surface area contributed by atoms with Crippen molar-refractivity contribution < 1.29 is 18.6 Å². The fraction of sp³-hybridized carbons (Fsp3) is 0.143. The number of anilines is 1. The predicted octanol–water partition coefficient (Wildman–Crippen LogP) is 3.22. The Hall–Kier alpha value is -2.43. The number of para-hydroxylation sites is 1. The molecule has 0 heterocycles. The summed E-state index contributed by atoms with van der Waals surface area (Å²) in [5.74, 6) is 1.32. The highest BCUT2D eigenvalue weighted by Crippen LogP contribution is 2.33. The Morgan fingerprint density at radius 2 is 1.53 bits per heavy atom. The maximum absolute atomic E-state index is 13.3. The second kappa shape index (κ2) is 5.48. The van der Waals surface area contributed by atoms with Crippen molar-refractivity contribution >= 4 is 5.69 Å². The molecular weight excluding hydrogens is 249 g/mol. The molecular formula is C14H14FNO3. The van der Waals surface area contributed by atoms with Crippen LogP contribution in [-0.2, 0) is 0 Å². The molecule has 0 radical (unpaired) electrons. The van der Waals surface area contributed by atoms with Crippen LogP contribution in [0.15, 0.2) is 36.4 Å². The molecule has 0 unspecified atom stereocenters. The normalized spacial score (nSPS) is 10.1. The molecule has 2 N–H and O–H groups in total. The Kier molecular flexibility index (Phi) is 3.75. The van der Waals surface area contributed by atoms with Gasteiger partial charge in [-0.15, -0.1) is 0 Å². The number of hydrogen-bond donors (Lipinski definition) is 1. The summed E-state index contributed by atoms with van der Waals surface area (Å²) in [6.45, 7) is 0. The van der Waals surface area contributed by atoms with E-state index in [2.05, 4.69) is 0 Å². The first-order chi connectivity index (χ1) is 9.13. The van der Waals surface area contributed by atoms with Gasteiger partial charge in [0.25, 0.3) is 0 Å². The highest BCUT2D eigenvalue weighted by atomic mass is 19.1. The molecule has 0 saturated carbocycles. The van der Waals surface area contributed by atoms with Crippen molar-refractivity contribution in [2.75, 3.05) is 20.0 Å². The number of methoxy groups -OCH3 is 2. The Morgan fingerprint density at radius 3 is 2.11 bits per heavy atom. The van der Waals surface area contributed by atoms with Crippen LogP contribution < -0.4 is 19.9 Å². The van der Waals surface area contributed by atoms with Gasteiger partial charge < -0.3 is 19.9 Å². The van der Waals surface area contributed by atoms with E-state index in [1.807, 2.05) is 0 Å². The second-order valence-electron chi connectivity index (χ2n) is 3.80. The molecule has 0 aliphatic heterocycles. The smallest absolute Gasteiger partial charge is 0.153 e. The van der Waals surface area contributed by atoms with Crippen LogP contribution in [0.1, 0.15) is 0 Å². The zero-order valence-corrected chi connectivity index (χ0v) is 10.6. The standard InChI is InChI=1S/C14H14FNO3/c1-17-9-6-10(18-2)8-11(7-9)19-13-5-3-4-12(15)14(13)16/h3-8H,16H2,1-2H3. The predicted molar refractivity (Wildman–Crippen MR) is 70.4 cm³/mol. The Labute approximate surface area is 110 Å². The van der Waals surface area contributed by atoms with Crippen LogP contribution in [0.4, 0.5) is 10.1 Å². The van der Waals surface area contributed by atoms with Crippen molar-refractivity contribution in [2.24, 2.45) is 0 Å². The number of nitrogens with two attached hydrogens (primary N) is 1. The van der Waals surface area contributed by atoms with E-state index in [1.54, 1.807) is 24.3 Å². The van der Waals surface area contributed by atoms with E-state index in [9.17, 15) is 4.39 Å². The lowest BCUT2D eigenvalue weighted by atomic mass is 10.2. The summed E-state index contributed by atoms with van der Waals surface area (Å²) in [6.07, 6.45) is 0. The maximum atomic E-state index is 13.3. The number of halogens is 1. The first kappa shape index (κ1) is 13.0. The van der Waals surface area contributed by atoms with Crippen LogP contribution in [0, 0.1) is 5.82 Å². The molecule has 2 rings (SSSR count). The zero-order valence-electron chi connectivity index (χ0n) is 10.6. The van der Waals surface area contributed by atoms with Crippen LogP contribution in [0.5, 0.6) is 23.0 Å². The van der Waals surface area contributed by atoms with Gasteiger partial charge in [-0.3, -0.25) is 0 Å². The highest BCUT2D eigenvalue weighted by molar-refractivity contribution is 5.55. The molecule has 0 fully saturated rings. The summed E-state index contributed by atoms with van der Waals surface area (Å²) >= 11 is 0. The van der Waals surface area contributed by atoms with Crippen LogP contribution in [0.2, 0.25) is 0 Å². The minimum atomic E-state index is -0.521. The monoisotopic (exact) mass is 263 g/mol. The third-order valence-corrected chi connectivity index (χ3v) is 2.57. The van der Waals surface area contributed by atoms with Gasteiger partial charge in [-0.05, 0) is 12.1 Å². The molecule has 0 aliphatic carbocycles. The second-order valence-corrected chi connectivity index (χ2v) is 3.80. The van der Waals surface area contributed by atoms with Crippen LogP contribution in [0.25, 0.3) is 0 Å². The van der Waals surface area contributed by atoms with Gasteiger partial charge in [-0.1, -0.05) is 6.07 Å². The van der Waals surface area contributed by atoms with E-state index in [0.29, 0.717) is 17.2 Å². The Balaban J connectivity index is 2.34. The number of nitrogen functional groups attached to an aromatic ring is 1. The van der Waals surface area contributed by atoms with Crippen LogP contribution in [0.3, 0.4) is 0 Å². The van der Waals surface area contributed by atoms with Gasteiger partial charge in [0.05, 0.1) is 14.2 Å². The molecule has 0 spiro atoms. The van der Waals surface area contributed by atoms with E-state index < -0.39 is 5.82 Å². The van der Waals surface area contributed by atoms with Crippen molar-refractivity contribution in [2.45, 2.75) is 0 Å². The fourth-order valence-electron chi connectivity index (χ4n) is 1.57. The largest absolute Gasteiger partial charge is 0.496 e. The first-order valence-electron chi connectivity index (χ1n) is 5.59. The molecule has 0 bridgehead atoms. The summed E-state index contributed by atoms with van der Waals surface area (Å²) in [5.41, 5.74) is 5.57. The number of benzene rings is 2. The average molecular weight is 263 g/mol. The van der Waals surface area contributed by atoms with Crippen LogP contribution >= 0.6 is 0 Å². The molecule has 2 aromatic carbocycles. The van der Waals surface area contributed by atoms with Gasteiger partial charge in [0, 0.05) is 18.2 Å². The molecule has 0 amide bonds. The van der Waals surface area contributed by atoms with Crippen molar-refractivity contribution in [1.29, 1.82) is 0 Å². The minimum absolute atomic E-state index is 0.0377. The quantitative estimate of drug-likeness (QED) is 0.860. The van der Waals surface area contributed by atoms with Gasteiger partial charge >= 0.3 is 0 Å². The lowest BCUT2D eigenvalue weighted by molar-refractivity contribution is 0.386. The van der Waals surface area contributed by atoms with Crippen molar-refractivity contribution in [3.63, 3.8) is 0 Å². The first-order valence-corrected chi connectivity index (χ1v) is 5.59. The minimum Gasteiger partial charge on any atom is -0.496 e. The van der Waals surface area contributed by atoms with E-state index in [-0.39, 0.29) is 11.4 Å². The van der Waals surface area contributed by atoms with E-state index in [1.165, 1.54) is 26.4 Å². The summed E-state index contributed by atoms with van der Waals surface area (Å²) in [4.78, 5) is 0. The summed E-state index contributed by atoms with van der Waals surface area (Å²) < 4.78 is 29.1. The number of ether oxygens (including phenoxy) is 3. The van der Waals surface area contributed by atoms with Gasteiger partial charge in [0.15, 0.2) is 5.75 Å². The molecule has 0 atom stereocenters. The summed E-state index contributed by atoms with van der Waals surface area (Å²) in [5, 5.41) is 0. The molecule has 0 aromatic heterocycles. The molecule has 0 saturated heterocycles. The Bertz CT molecular complexity index is 565. The van der Waals surface area contributed by atoms with E-state index >= 15 is 0 Å². The maximum Gasteiger partial charge on any atom is 0.153 e. The lowest BCUT2D eigenvalue weighted by Crippen LogP contribution is -1.96. The van der Waals surface area contributed by atoms with E-state index in [0.717, 1.165) is 0 Å². The van der Waals surface area contributed by atoms with Gasteiger partial charge in [-0.2, -0.15) is 0 Å². The average Bonchev–Trinajstić information content (AvgIpc) is 2.43. The Morgan fingerprint density at radius 1 is 0.947 bits per heavy atom. The summed E-state index contributed by atoms with van der Waals surface area (Å²) in [6, 6.07) is 9.42. The number of rotatable bonds is 4. The van der Waals surface area contributed by atoms with Crippen LogP contribution in [-0.4, -0.2) is 14.2 Å². The van der Waals surface area contributed by atoms with Gasteiger partial charge in [0.2, 0.25) is 0 Å². The molecule has 4 nitrogen and oxygen atoms in total. The molecule has 2 aromatic rings. The van der Waals surface area contributed by atoms with Crippen molar-refractivity contribution in [1.82, 2.24) is 0 Å². The SMILES string of the molecule is COc1cc(OC)cc(Oc2cccc(F)c2N)c1. The molecule has 100 valence electrons. The molecule has 0 aliphatic rings.